The molecule has 8 nitrogen and oxygen atoms in total. The van der Waals surface area contributed by atoms with Crippen molar-refractivity contribution >= 4 is 23.1 Å². The summed E-state index contributed by atoms with van der Waals surface area (Å²) < 4.78 is 34.1. The topological polar surface area (TPSA) is 114 Å². The van der Waals surface area contributed by atoms with Gasteiger partial charge in [0.2, 0.25) is 0 Å². The fraction of sp³-hybridized carbons (Fsp3) is 0.538. The second-order valence-corrected chi connectivity index (χ2v) is 5.06. The number of rotatable bonds is 4. The van der Waals surface area contributed by atoms with Gasteiger partial charge in [-0.15, -0.1) is 0 Å². The van der Waals surface area contributed by atoms with Crippen molar-refractivity contribution in [2.24, 2.45) is 9.98 Å². The van der Waals surface area contributed by atoms with Crippen LogP contribution >= 0.6 is 0 Å². The van der Waals surface area contributed by atoms with Gasteiger partial charge in [0.25, 0.3) is 0 Å². The molecule has 2 rings (SSSR count). The summed E-state index contributed by atoms with van der Waals surface area (Å²) in [4.78, 5) is 10.6. The summed E-state index contributed by atoms with van der Waals surface area (Å²) in [5, 5.41) is 0. The van der Waals surface area contributed by atoms with Gasteiger partial charge in [-0.25, -0.2) is 9.98 Å². The van der Waals surface area contributed by atoms with E-state index < -0.39 is 10.4 Å². The van der Waals surface area contributed by atoms with E-state index in [0.717, 1.165) is 0 Å². The fourth-order valence-electron chi connectivity index (χ4n) is 1.51. The first kappa shape index (κ1) is 22.9. The molecule has 2 aliphatic heterocycles. The average molecular weight is 334 g/mol. The third-order valence-corrected chi connectivity index (χ3v) is 2.31. The van der Waals surface area contributed by atoms with Crippen molar-refractivity contribution < 1.29 is 27.3 Å². The minimum Gasteiger partial charge on any atom is -0.759 e. The number of aliphatic imine (C=N–C) groups is 2. The van der Waals surface area contributed by atoms with E-state index in [9.17, 15) is 0 Å². The van der Waals surface area contributed by atoms with Gasteiger partial charge in [0, 0.05) is 10.4 Å². The van der Waals surface area contributed by atoms with Crippen LogP contribution in [-0.2, 0) is 10.4 Å². The highest BCUT2D eigenvalue weighted by Crippen LogP contribution is 1.72. The molecular formula is C13H26N4O4S. The van der Waals surface area contributed by atoms with Crippen LogP contribution in [0.5, 0.6) is 0 Å². The molecule has 0 saturated heterocycles. The summed E-state index contributed by atoms with van der Waals surface area (Å²) in [6.07, 6.45) is 14.1. The molecule has 128 valence electrons. The normalized spacial score (nSPS) is 20.7. The monoisotopic (exact) mass is 334 g/mol. The minimum atomic E-state index is -5.17. The summed E-state index contributed by atoms with van der Waals surface area (Å²) in [5.74, 6) is 0. The number of hydrogen-bond acceptors (Lipinski definition) is 6. The Bertz CT molecular complexity index is 424. The summed E-state index contributed by atoms with van der Waals surface area (Å²) in [5.41, 5.74) is 0. The molecule has 0 aromatic rings. The first-order valence-corrected chi connectivity index (χ1v) is 7.98. The van der Waals surface area contributed by atoms with Crippen LogP contribution in [0.4, 0.5) is 0 Å². The Balaban J connectivity index is 0. The van der Waals surface area contributed by atoms with Crippen molar-refractivity contribution in [3.05, 3.63) is 24.8 Å². The number of nitrogens with one attached hydrogen (secondary N) is 2. The Morgan fingerprint density at radius 2 is 1.23 bits per heavy atom. The Morgan fingerprint density at radius 3 is 1.41 bits per heavy atom. The maximum atomic E-state index is 8.52. The van der Waals surface area contributed by atoms with Crippen LogP contribution in [0, 0.1) is 0 Å². The molecule has 0 amide bonds. The van der Waals surface area contributed by atoms with Gasteiger partial charge >= 0.3 is 0 Å². The Kier molecular flexibility index (Phi) is 13.8. The molecule has 2 atom stereocenters. The van der Waals surface area contributed by atoms with Crippen LogP contribution in [0.3, 0.4) is 0 Å². The first-order chi connectivity index (χ1) is 9.86. The average Bonchev–Trinajstić information content (AvgIpc) is 3.01. The zero-order valence-corrected chi connectivity index (χ0v) is 13.0. The molecule has 2 aliphatic rings. The zero-order valence-electron chi connectivity index (χ0n) is 12.2. The van der Waals surface area contributed by atoms with E-state index in [0.29, 0.717) is 0 Å². The number of quaternary nitrogens is 2. The lowest BCUT2D eigenvalue weighted by Gasteiger charge is -2.06. The van der Waals surface area contributed by atoms with Crippen LogP contribution in [0.15, 0.2) is 34.8 Å². The molecule has 22 heavy (non-hydrogen) atoms. The molecule has 0 bridgehead atoms. The van der Waals surface area contributed by atoms with Crippen LogP contribution in [0.1, 0.15) is 34.1 Å². The predicted octanol–water partition coefficient (Wildman–Crippen LogP) is -1.11. The van der Waals surface area contributed by atoms with E-state index in [1.165, 1.54) is 35.7 Å². The van der Waals surface area contributed by atoms with Gasteiger partial charge in [0.15, 0.2) is 12.7 Å². The van der Waals surface area contributed by atoms with Gasteiger partial charge in [-0.1, -0.05) is 21.3 Å². The number of hydrogen-bond donors (Lipinski definition) is 2. The maximum absolute atomic E-state index is 8.52. The van der Waals surface area contributed by atoms with Crippen LogP contribution in [0.25, 0.3) is 0 Å². The highest BCUT2D eigenvalue weighted by molar-refractivity contribution is 7.79. The summed E-state index contributed by atoms with van der Waals surface area (Å²) >= 11 is 0. The van der Waals surface area contributed by atoms with E-state index in [-0.39, 0.29) is 7.43 Å². The molecule has 0 fully saturated rings. The Morgan fingerprint density at radius 1 is 0.909 bits per heavy atom. The highest BCUT2D eigenvalue weighted by atomic mass is 32.3. The van der Waals surface area contributed by atoms with Crippen molar-refractivity contribution in [3.8, 4) is 0 Å². The molecular weight excluding hydrogens is 308 g/mol. The van der Waals surface area contributed by atoms with E-state index in [1.807, 2.05) is 25.1 Å². The van der Waals surface area contributed by atoms with Gasteiger partial charge in [-0.2, -0.15) is 0 Å². The van der Waals surface area contributed by atoms with Gasteiger partial charge < -0.3 is 9.11 Å². The second kappa shape index (κ2) is 13.3. The molecule has 9 heteroatoms. The Labute approximate surface area is 133 Å². The molecule has 0 saturated carbocycles. The largest absolute Gasteiger partial charge is 0.759 e. The Hall–Kier alpha value is -1.39. The SMILES string of the molecule is C.CCC[NH+]1C=CN=C1.CCC[NH+]1C=CN=C1.O=S(=O)([O-])[O-]. The summed E-state index contributed by atoms with van der Waals surface area (Å²) in [6, 6.07) is 0. The zero-order chi connectivity index (χ0) is 16.1. The van der Waals surface area contributed by atoms with Gasteiger partial charge in [-0.3, -0.25) is 18.2 Å². The van der Waals surface area contributed by atoms with Gasteiger partial charge in [-0.05, 0) is 12.8 Å². The molecule has 0 spiro atoms. The lowest BCUT2D eigenvalue weighted by molar-refractivity contribution is -0.736. The smallest absolute Gasteiger partial charge is 0.193 e. The molecule has 0 radical (unpaired) electrons. The molecule has 2 heterocycles. The standard InChI is InChI=1S/2C6H10N2.CH4.H2O4S/c2*1-2-4-8-5-3-7-6-8;;1-5(2,3)4/h2*3,5-6H,2,4H2,1H3;1H4;(H2,1,2,3,4). The van der Waals surface area contributed by atoms with Crippen molar-refractivity contribution in [2.45, 2.75) is 34.1 Å². The molecule has 2 N–H and O–H groups in total. The van der Waals surface area contributed by atoms with Crippen molar-refractivity contribution in [1.82, 2.24) is 0 Å². The predicted molar refractivity (Wildman–Crippen MR) is 84.7 cm³/mol. The lowest BCUT2D eigenvalue weighted by Crippen LogP contribution is -3.05. The van der Waals surface area contributed by atoms with Crippen LogP contribution < -0.4 is 9.80 Å². The summed E-state index contributed by atoms with van der Waals surface area (Å²) in [7, 11) is -5.17. The molecule has 0 aliphatic carbocycles. The van der Waals surface area contributed by atoms with Crippen molar-refractivity contribution in [2.75, 3.05) is 13.1 Å². The minimum absolute atomic E-state index is 0. The van der Waals surface area contributed by atoms with E-state index in [4.69, 9.17) is 17.5 Å². The van der Waals surface area contributed by atoms with Crippen molar-refractivity contribution in [1.29, 1.82) is 0 Å². The van der Waals surface area contributed by atoms with Gasteiger partial charge in [0.05, 0.1) is 25.5 Å². The third kappa shape index (κ3) is 16.7. The maximum Gasteiger partial charge on any atom is 0.193 e. The molecule has 0 aromatic carbocycles. The molecule has 2 unspecified atom stereocenters. The van der Waals surface area contributed by atoms with E-state index in [2.05, 4.69) is 36.2 Å². The number of nitrogens with zero attached hydrogens (tertiary/aromatic N) is 2. The van der Waals surface area contributed by atoms with E-state index in [1.54, 1.807) is 0 Å². The van der Waals surface area contributed by atoms with Crippen LogP contribution in [-0.4, -0.2) is 43.3 Å². The highest BCUT2D eigenvalue weighted by Gasteiger charge is 2.01. The van der Waals surface area contributed by atoms with E-state index >= 15 is 0 Å². The lowest BCUT2D eigenvalue weighted by atomic mass is 10.5. The quantitative estimate of drug-likeness (QED) is 0.501. The van der Waals surface area contributed by atoms with Gasteiger partial charge in [0.1, 0.15) is 12.4 Å². The second-order valence-electron chi connectivity index (χ2n) is 4.25. The third-order valence-electron chi connectivity index (χ3n) is 2.31. The fourth-order valence-corrected chi connectivity index (χ4v) is 1.51. The first-order valence-electron chi connectivity index (χ1n) is 6.64. The van der Waals surface area contributed by atoms with Crippen LogP contribution in [0.2, 0.25) is 0 Å². The molecule has 0 aromatic heterocycles. The summed E-state index contributed by atoms with van der Waals surface area (Å²) in [6.45, 7) is 6.68. The van der Waals surface area contributed by atoms with Crippen molar-refractivity contribution in [3.63, 3.8) is 0 Å².